The van der Waals surface area contributed by atoms with Crippen molar-refractivity contribution in [3.63, 3.8) is 0 Å². The smallest absolute Gasteiger partial charge is 0.264 e. The van der Waals surface area contributed by atoms with Crippen LogP contribution in [0.25, 0.3) is 0 Å². The Bertz CT molecular complexity index is 1330. The van der Waals surface area contributed by atoms with E-state index in [1.54, 1.807) is 43.1 Å². The predicted molar refractivity (Wildman–Crippen MR) is 169 cm³/mol. The number of fused-ring (bicyclic) bond motifs is 2. The number of benzene rings is 1. The van der Waals surface area contributed by atoms with Crippen LogP contribution in [0.4, 0.5) is 15.5 Å². The number of anilines is 2. The van der Waals surface area contributed by atoms with Gasteiger partial charge in [-0.2, -0.15) is 0 Å². The molecule has 0 radical (unpaired) electrons. The third kappa shape index (κ3) is 6.81. The Hall–Kier alpha value is -2.49. The number of carbonyl (C=O) groups excluding carboxylic acids is 2. The lowest BCUT2D eigenvalue weighted by atomic mass is 9.82. The second-order valence-electron chi connectivity index (χ2n) is 13.2. The molecule has 11 nitrogen and oxygen atoms in total. The summed E-state index contributed by atoms with van der Waals surface area (Å²) in [7, 11) is -3.41. The first-order valence-electron chi connectivity index (χ1n) is 15.5. The van der Waals surface area contributed by atoms with Crippen molar-refractivity contribution in [2.45, 2.75) is 108 Å². The highest BCUT2D eigenvalue weighted by Crippen LogP contribution is 2.60. The zero-order chi connectivity index (χ0) is 33.4. The number of nitrogens with one attached hydrogen (secondary N) is 1. The Morgan fingerprint density at radius 2 is 1.80 bits per heavy atom. The Kier molecular flexibility index (Phi) is 10.8. The zero-order valence-corrected chi connectivity index (χ0v) is 27.7. The Morgan fingerprint density at radius 1 is 1.11 bits per heavy atom. The summed E-state index contributed by atoms with van der Waals surface area (Å²) in [5.41, 5.74) is 1.35. The van der Waals surface area contributed by atoms with E-state index in [2.05, 4.69) is 11.4 Å². The van der Waals surface area contributed by atoms with Crippen LogP contribution in [-0.4, -0.2) is 95.7 Å². The number of hydrogen-bond acceptors (Lipinski definition) is 9. The fourth-order valence-corrected chi connectivity index (χ4v) is 9.47. The number of ether oxygens (including phenoxy) is 2. The maximum Gasteiger partial charge on any atom is 0.264 e. The van der Waals surface area contributed by atoms with Gasteiger partial charge in [0, 0.05) is 35.9 Å². The van der Waals surface area contributed by atoms with Gasteiger partial charge in [0.25, 0.3) is 11.8 Å². The first-order valence-corrected chi connectivity index (χ1v) is 18.4. The van der Waals surface area contributed by atoms with E-state index < -0.39 is 68.2 Å². The molecule has 9 atom stereocenters. The Balaban J connectivity index is 1.72. The SMILES string of the molecule is CC(C)=CCC/C(C)=C/CN1C(=O)[C@@]2(O[C@@H](CCO)[C@H]([Si](C)(C)F)[C@H]2C)c2cc(NC(=O)[C@H]3O[C@@H](O)[C@H](O)[C@@H](O)[C@@H]3O)ccc21. The van der Waals surface area contributed by atoms with Crippen LogP contribution in [0.2, 0.25) is 18.6 Å². The maximum absolute atomic E-state index is 15.9. The summed E-state index contributed by atoms with van der Waals surface area (Å²) < 4.78 is 27.5. The Morgan fingerprint density at radius 3 is 2.42 bits per heavy atom. The van der Waals surface area contributed by atoms with Gasteiger partial charge in [0.05, 0.1) is 11.8 Å². The largest absolute Gasteiger partial charge is 0.396 e. The van der Waals surface area contributed by atoms with Crippen LogP contribution < -0.4 is 10.2 Å². The molecule has 0 aliphatic carbocycles. The molecule has 3 aliphatic rings. The molecule has 1 spiro atoms. The molecule has 1 aromatic rings. The van der Waals surface area contributed by atoms with Crippen LogP contribution in [0.5, 0.6) is 0 Å². The molecule has 0 unspecified atom stereocenters. The van der Waals surface area contributed by atoms with Crippen molar-refractivity contribution >= 4 is 31.6 Å². The fourth-order valence-electron chi connectivity index (χ4n) is 6.93. The van der Waals surface area contributed by atoms with Gasteiger partial charge in [-0.1, -0.05) is 30.2 Å². The third-order valence-electron chi connectivity index (χ3n) is 9.20. The topological polar surface area (TPSA) is 169 Å². The van der Waals surface area contributed by atoms with E-state index in [4.69, 9.17) is 9.47 Å². The molecule has 6 N–H and O–H groups in total. The molecule has 45 heavy (non-hydrogen) atoms. The maximum atomic E-state index is 15.9. The van der Waals surface area contributed by atoms with E-state index in [1.165, 1.54) is 5.57 Å². The van der Waals surface area contributed by atoms with Gasteiger partial charge in [0.2, 0.25) is 8.41 Å². The molecule has 250 valence electrons. The molecule has 3 aliphatic heterocycles. The standard InChI is InChI=1S/C32H47FN2O9Si/c1-17(2)8-7-9-18(3)12-14-35-22-11-10-20(34-29(40)27-25(38)24(37)26(39)30(41)43-27)16-21(22)32(31(35)42)19(4)28(45(5,6)33)23(44-32)13-15-36/h8,10-12,16,19,23-28,30,36-39,41H,7,9,13-15H2,1-6H3,(H,34,40)/b18-12+/t19-,23+,24+,25+,26-,27+,28-,30-,32+/m1/s1. The predicted octanol–water partition coefficient (Wildman–Crippen LogP) is 2.62. The van der Waals surface area contributed by atoms with E-state index in [0.717, 1.165) is 18.4 Å². The molecule has 0 aromatic heterocycles. The summed E-state index contributed by atoms with van der Waals surface area (Å²) in [4.78, 5) is 29.2. The van der Waals surface area contributed by atoms with Gasteiger partial charge in [-0.25, -0.2) is 0 Å². The molecule has 1 aromatic carbocycles. The van der Waals surface area contributed by atoms with Crippen LogP contribution in [0, 0.1) is 5.92 Å². The minimum Gasteiger partial charge on any atom is -0.396 e. The summed E-state index contributed by atoms with van der Waals surface area (Å²) in [6.07, 6.45) is -3.74. The van der Waals surface area contributed by atoms with E-state index >= 15 is 4.11 Å². The highest BCUT2D eigenvalue weighted by molar-refractivity contribution is 6.72. The molecular formula is C32H47FN2O9Si. The van der Waals surface area contributed by atoms with Crippen LogP contribution in [0.3, 0.4) is 0 Å². The lowest BCUT2D eigenvalue weighted by Gasteiger charge is -2.37. The van der Waals surface area contributed by atoms with Gasteiger partial charge < -0.3 is 49.3 Å². The highest BCUT2D eigenvalue weighted by atomic mass is 28.4. The van der Waals surface area contributed by atoms with Crippen molar-refractivity contribution in [3.05, 3.63) is 47.1 Å². The molecule has 13 heteroatoms. The summed E-state index contributed by atoms with van der Waals surface area (Å²) in [5.74, 6) is -1.84. The number of hydrogen-bond donors (Lipinski definition) is 6. The molecule has 2 saturated heterocycles. The molecule has 0 saturated carbocycles. The number of allylic oxidation sites excluding steroid dienone is 3. The Labute approximate surface area is 264 Å². The average molecular weight is 651 g/mol. The molecule has 2 amide bonds. The van der Waals surface area contributed by atoms with E-state index in [1.807, 2.05) is 26.8 Å². The van der Waals surface area contributed by atoms with Gasteiger partial charge in [0.1, 0.15) is 18.3 Å². The monoisotopic (exact) mass is 650 g/mol. The summed E-state index contributed by atoms with van der Waals surface area (Å²) >= 11 is 0. The van der Waals surface area contributed by atoms with Crippen LogP contribution in [0.1, 0.15) is 52.5 Å². The number of aliphatic hydroxyl groups excluding tert-OH is 5. The van der Waals surface area contributed by atoms with Crippen molar-refractivity contribution in [2.75, 3.05) is 23.4 Å². The third-order valence-corrected chi connectivity index (χ3v) is 11.7. The summed E-state index contributed by atoms with van der Waals surface area (Å²) in [6.45, 7) is 11.0. The minimum absolute atomic E-state index is 0.160. The van der Waals surface area contributed by atoms with Crippen LogP contribution in [-0.2, 0) is 24.7 Å². The molecule has 3 heterocycles. The van der Waals surface area contributed by atoms with Gasteiger partial charge >= 0.3 is 0 Å². The highest BCUT2D eigenvalue weighted by Gasteiger charge is 2.66. The molecule has 0 bridgehead atoms. The van der Waals surface area contributed by atoms with Crippen LogP contribution >= 0.6 is 0 Å². The number of halogens is 1. The van der Waals surface area contributed by atoms with Crippen molar-refractivity contribution in [1.82, 2.24) is 0 Å². The molecule has 2 fully saturated rings. The summed E-state index contributed by atoms with van der Waals surface area (Å²) in [6, 6.07) is 4.81. The van der Waals surface area contributed by atoms with Crippen LogP contribution in [0.15, 0.2) is 41.5 Å². The number of aliphatic hydroxyl groups is 5. The number of nitrogens with zero attached hydrogens (tertiary/aromatic N) is 1. The van der Waals surface area contributed by atoms with E-state index in [-0.39, 0.29) is 31.2 Å². The lowest BCUT2D eigenvalue weighted by Crippen LogP contribution is -2.60. The first kappa shape index (κ1) is 35.4. The number of carbonyl (C=O) groups is 2. The second-order valence-corrected chi connectivity index (χ2v) is 17.0. The van der Waals surface area contributed by atoms with Crippen molar-refractivity contribution in [3.8, 4) is 0 Å². The average Bonchev–Trinajstić information content (AvgIpc) is 3.38. The van der Waals surface area contributed by atoms with E-state index in [9.17, 15) is 35.1 Å². The van der Waals surface area contributed by atoms with E-state index in [0.29, 0.717) is 11.3 Å². The normalized spacial score (nSPS) is 33.5. The quantitative estimate of drug-likeness (QED) is 0.127. The van der Waals surface area contributed by atoms with Crippen molar-refractivity contribution < 1.29 is 48.7 Å². The number of amides is 2. The first-order chi connectivity index (χ1) is 21.0. The van der Waals surface area contributed by atoms with Gasteiger partial charge in [0.15, 0.2) is 18.0 Å². The minimum atomic E-state index is -3.41. The van der Waals surface area contributed by atoms with Crippen molar-refractivity contribution in [1.29, 1.82) is 0 Å². The summed E-state index contributed by atoms with van der Waals surface area (Å²) in [5, 5.41) is 52.4. The van der Waals surface area contributed by atoms with Gasteiger partial charge in [-0.3, -0.25) is 9.59 Å². The molecule has 4 rings (SSSR count). The number of rotatable bonds is 10. The second kappa shape index (κ2) is 13.7. The lowest BCUT2D eigenvalue weighted by molar-refractivity contribution is -0.274. The fraction of sp³-hybridized carbons (Fsp3) is 0.625. The van der Waals surface area contributed by atoms with Gasteiger partial charge in [-0.05, 0) is 71.3 Å². The molecular weight excluding hydrogens is 603 g/mol. The van der Waals surface area contributed by atoms with Gasteiger partial charge in [-0.15, -0.1) is 0 Å². The zero-order valence-electron chi connectivity index (χ0n) is 26.7. The van der Waals surface area contributed by atoms with Crippen molar-refractivity contribution in [2.24, 2.45) is 5.92 Å².